The number of methoxy groups -OCH3 is 1. The van der Waals surface area contributed by atoms with Crippen LogP contribution < -0.4 is 9.30 Å². The second kappa shape index (κ2) is 7.61. The number of carbonyl (C=O) groups excluding carboxylic acids is 1. The predicted molar refractivity (Wildman–Crippen MR) is 110 cm³/mol. The smallest absolute Gasteiger partial charge is 0.257 e. The van der Waals surface area contributed by atoms with Gasteiger partial charge in [-0.25, -0.2) is 9.13 Å². The summed E-state index contributed by atoms with van der Waals surface area (Å²) in [7, 11) is 1.62. The van der Waals surface area contributed by atoms with Gasteiger partial charge in [-0.3, -0.25) is 4.79 Å². The first kappa shape index (κ1) is 19.0. The van der Waals surface area contributed by atoms with Gasteiger partial charge in [0.15, 0.2) is 11.7 Å². The fraction of sp³-hybridized carbons (Fsp3) is 0.273. The van der Waals surface area contributed by atoms with Crippen molar-refractivity contribution in [2.45, 2.75) is 32.4 Å². The highest BCUT2D eigenvalue weighted by atomic mass is 35.5. The van der Waals surface area contributed by atoms with Gasteiger partial charge in [0.1, 0.15) is 11.9 Å². The molecule has 0 unspecified atom stereocenters. The number of halogens is 2. The third-order valence-corrected chi connectivity index (χ3v) is 6.07. The summed E-state index contributed by atoms with van der Waals surface area (Å²) in [6.45, 7) is 2.88. The lowest BCUT2D eigenvalue weighted by atomic mass is 10.0. The van der Waals surface area contributed by atoms with Gasteiger partial charge in [-0.2, -0.15) is 0 Å². The van der Waals surface area contributed by atoms with Crippen LogP contribution in [0.3, 0.4) is 0 Å². The lowest BCUT2D eigenvalue weighted by Crippen LogP contribution is -2.44. The van der Waals surface area contributed by atoms with Crippen LogP contribution in [0.1, 0.15) is 35.6 Å². The van der Waals surface area contributed by atoms with Gasteiger partial charge in [0, 0.05) is 11.1 Å². The molecule has 3 aromatic rings. The minimum Gasteiger partial charge on any atom is -0.497 e. The minimum atomic E-state index is -0.302. The lowest BCUT2D eigenvalue weighted by Gasteiger charge is -2.09. The van der Waals surface area contributed by atoms with E-state index < -0.39 is 0 Å². The van der Waals surface area contributed by atoms with E-state index in [2.05, 4.69) is 15.3 Å². The molecule has 0 saturated heterocycles. The average Bonchev–Trinajstić information content (AvgIpc) is 3.32. The topological polar surface area (TPSA) is 35.1 Å². The van der Waals surface area contributed by atoms with Crippen LogP contribution in [0.4, 0.5) is 0 Å². The summed E-state index contributed by atoms with van der Waals surface area (Å²) in [5.74, 6) is 1.98. The number of ketones is 1. The number of benzene rings is 2. The van der Waals surface area contributed by atoms with Crippen molar-refractivity contribution in [3.8, 4) is 17.0 Å². The molecular formula is C22H21Cl2N2O2+. The monoisotopic (exact) mass is 415 g/mol. The number of carbonyl (C=O) groups is 1. The maximum absolute atomic E-state index is 13.1. The fourth-order valence-corrected chi connectivity index (χ4v) is 4.11. The zero-order valence-corrected chi connectivity index (χ0v) is 17.3. The van der Waals surface area contributed by atoms with E-state index in [1.54, 1.807) is 7.11 Å². The molecule has 6 heteroatoms. The molecule has 0 saturated carbocycles. The number of hydrogen-bond donors (Lipinski definition) is 0. The van der Waals surface area contributed by atoms with Gasteiger partial charge in [-0.1, -0.05) is 23.2 Å². The van der Waals surface area contributed by atoms with Crippen molar-refractivity contribution in [3.63, 3.8) is 0 Å². The SMILES string of the molecule is COc1ccc(C(=O)[C@H](C)[n+]2cc(-c3ccc(Cl)c(Cl)c3)n3c2CCC3)cc1. The molecule has 0 N–H and O–H groups in total. The quantitative estimate of drug-likeness (QED) is 0.426. The molecule has 0 radical (unpaired) electrons. The van der Waals surface area contributed by atoms with Crippen molar-refractivity contribution < 1.29 is 14.1 Å². The van der Waals surface area contributed by atoms with Crippen LogP contribution in [0.15, 0.2) is 48.7 Å². The van der Waals surface area contributed by atoms with Crippen molar-refractivity contribution in [3.05, 3.63) is 70.1 Å². The molecule has 4 rings (SSSR count). The first-order valence-corrected chi connectivity index (χ1v) is 10.0. The number of ether oxygens (including phenoxy) is 1. The summed E-state index contributed by atoms with van der Waals surface area (Å²) >= 11 is 12.3. The van der Waals surface area contributed by atoms with Gasteiger partial charge >= 0.3 is 0 Å². The Labute approximate surface area is 174 Å². The Morgan fingerprint density at radius 2 is 1.89 bits per heavy atom. The van der Waals surface area contributed by atoms with Crippen LogP contribution >= 0.6 is 23.2 Å². The van der Waals surface area contributed by atoms with Gasteiger partial charge in [0.2, 0.25) is 5.78 Å². The predicted octanol–water partition coefficient (Wildman–Crippen LogP) is 5.15. The third kappa shape index (κ3) is 3.31. The number of imidazole rings is 1. The maximum Gasteiger partial charge on any atom is 0.257 e. The van der Waals surface area contributed by atoms with Gasteiger partial charge in [0.25, 0.3) is 5.82 Å². The second-order valence-corrected chi connectivity index (χ2v) is 7.81. The number of rotatable bonds is 5. The fourth-order valence-electron chi connectivity index (χ4n) is 3.81. The Balaban J connectivity index is 1.71. The molecule has 1 aliphatic rings. The van der Waals surface area contributed by atoms with E-state index in [-0.39, 0.29) is 11.8 Å². The van der Waals surface area contributed by atoms with Crippen molar-refractivity contribution in [2.24, 2.45) is 0 Å². The molecule has 1 atom stereocenters. The van der Waals surface area contributed by atoms with Crippen molar-refractivity contribution in [2.75, 3.05) is 7.11 Å². The normalized spacial score (nSPS) is 14.0. The molecule has 0 spiro atoms. The highest BCUT2D eigenvalue weighted by molar-refractivity contribution is 6.42. The third-order valence-electron chi connectivity index (χ3n) is 5.33. The molecule has 0 aliphatic carbocycles. The van der Waals surface area contributed by atoms with Gasteiger partial charge in [0.05, 0.1) is 30.1 Å². The van der Waals surface area contributed by atoms with E-state index in [1.165, 1.54) is 0 Å². The average molecular weight is 416 g/mol. The molecule has 144 valence electrons. The van der Waals surface area contributed by atoms with Crippen LogP contribution in [0.2, 0.25) is 10.0 Å². The number of hydrogen-bond acceptors (Lipinski definition) is 2. The molecule has 2 aromatic carbocycles. The number of Topliss-reactive ketones (excluding diaryl/α,β-unsaturated/α-hetero) is 1. The second-order valence-electron chi connectivity index (χ2n) is 6.99. The molecular weight excluding hydrogens is 395 g/mol. The Kier molecular flexibility index (Phi) is 5.17. The highest BCUT2D eigenvalue weighted by Gasteiger charge is 2.33. The zero-order chi connectivity index (χ0) is 19.8. The van der Waals surface area contributed by atoms with Crippen molar-refractivity contribution in [1.29, 1.82) is 0 Å². The summed E-state index contributed by atoms with van der Waals surface area (Å²) < 4.78 is 9.55. The maximum atomic E-state index is 13.1. The van der Waals surface area contributed by atoms with Gasteiger partial charge < -0.3 is 4.74 Å². The Hall–Kier alpha value is -2.30. The van der Waals surface area contributed by atoms with Crippen molar-refractivity contribution >= 4 is 29.0 Å². The van der Waals surface area contributed by atoms with E-state index in [0.717, 1.165) is 42.2 Å². The Morgan fingerprint density at radius 1 is 1.14 bits per heavy atom. The molecule has 2 heterocycles. The molecule has 0 bridgehead atoms. The van der Waals surface area contributed by atoms with Crippen LogP contribution in [-0.4, -0.2) is 17.5 Å². The van der Waals surface area contributed by atoms with E-state index in [4.69, 9.17) is 27.9 Å². The first-order chi connectivity index (χ1) is 13.5. The molecule has 1 aromatic heterocycles. The number of aromatic nitrogens is 2. The largest absolute Gasteiger partial charge is 0.497 e. The lowest BCUT2D eigenvalue weighted by molar-refractivity contribution is -0.710. The van der Waals surface area contributed by atoms with Gasteiger partial charge in [-0.05, 0) is 55.8 Å². The van der Waals surface area contributed by atoms with Crippen LogP contribution in [0.5, 0.6) is 5.75 Å². The number of nitrogens with zero attached hydrogens (tertiary/aromatic N) is 2. The molecule has 0 fully saturated rings. The summed E-state index contributed by atoms with van der Waals surface area (Å²) in [4.78, 5) is 13.1. The number of fused-ring (bicyclic) bond motifs is 1. The molecule has 4 nitrogen and oxygen atoms in total. The summed E-state index contributed by atoms with van der Waals surface area (Å²) in [5, 5.41) is 1.07. The summed E-state index contributed by atoms with van der Waals surface area (Å²) in [5.41, 5.74) is 2.73. The van der Waals surface area contributed by atoms with E-state index >= 15 is 0 Å². The van der Waals surface area contributed by atoms with E-state index in [0.29, 0.717) is 15.6 Å². The standard InChI is InChI=1S/C22H21Cl2N2O2/c1-14(22(27)15-5-8-17(28-2)9-6-15)26-13-20(25-11-3-4-21(25)26)16-7-10-18(23)19(24)12-16/h5-10,12-14H,3-4,11H2,1-2H3/q+1/t14-/m0/s1. The van der Waals surface area contributed by atoms with Crippen LogP contribution in [0.25, 0.3) is 11.3 Å². The van der Waals surface area contributed by atoms with Gasteiger partial charge in [-0.15, -0.1) is 0 Å². The Morgan fingerprint density at radius 3 is 2.57 bits per heavy atom. The van der Waals surface area contributed by atoms with Crippen LogP contribution in [0, 0.1) is 0 Å². The molecule has 1 aliphatic heterocycles. The summed E-state index contributed by atoms with van der Waals surface area (Å²) in [6.07, 6.45) is 4.07. The summed E-state index contributed by atoms with van der Waals surface area (Å²) in [6, 6.07) is 12.6. The molecule has 0 amide bonds. The first-order valence-electron chi connectivity index (χ1n) is 9.27. The van der Waals surface area contributed by atoms with E-state index in [1.807, 2.05) is 49.4 Å². The minimum absolute atomic E-state index is 0.0774. The van der Waals surface area contributed by atoms with Crippen molar-refractivity contribution in [1.82, 2.24) is 4.57 Å². The Bertz CT molecular complexity index is 1040. The highest BCUT2D eigenvalue weighted by Crippen LogP contribution is 2.31. The zero-order valence-electron chi connectivity index (χ0n) is 15.8. The van der Waals surface area contributed by atoms with Crippen LogP contribution in [-0.2, 0) is 13.0 Å². The molecule has 28 heavy (non-hydrogen) atoms. The van der Waals surface area contributed by atoms with E-state index in [9.17, 15) is 4.79 Å².